The number of ether oxygens (including phenoxy) is 3. The lowest BCUT2D eigenvalue weighted by molar-refractivity contribution is -0.163. The molecule has 0 aromatic heterocycles. The molecule has 0 aliphatic carbocycles. The van der Waals surface area contributed by atoms with E-state index in [0.29, 0.717) is 31.2 Å². The van der Waals surface area contributed by atoms with Gasteiger partial charge >= 0.3 is 5.97 Å². The van der Waals surface area contributed by atoms with Gasteiger partial charge in [0.05, 0.1) is 43.2 Å². The van der Waals surface area contributed by atoms with Crippen molar-refractivity contribution in [1.29, 1.82) is 0 Å². The minimum atomic E-state index is -1.36. The molecule has 12 heteroatoms. The molecule has 3 aliphatic heterocycles. The van der Waals surface area contributed by atoms with Crippen molar-refractivity contribution in [1.82, 2.24) is 15.1 Å². The van der Waals surface area contributed by atoms with Crippen molar-refractivity contribution in [2.45, 2.75) is 120 Å². The second-order valence-corrected chi connectivity index (χ2v) is 17.3. The van der Waals surface area contributed by atoms with Crippen LogP contribution in [0.1, 0.15) is 85.3 Å². The number of hydrogen-bond acceptors (Lipinski definition) is 8. The molecule has 3 amide bonds. The fourth-order valence-electron chi connectivity index (χ4n) is 8.85. The summed E-state index contributed by atoms with van der Waals surface area (Å²) in [5.41, 5.74) is -1.47. The van der Waals surface area contributed by atoms with E-state index in [-0.39, 0.29) is 48.2 Å². The number of halogens is 1. The number of aliphatic hydroxyl groups excluding tert-OH is 1. The maximum Gasteiger partial charge on any atom is 0.313 e. The quantitative estimate of drug-likeness (QED) is 0.119. The highest BCUT2D eigenvalue weighted by atomic mass is 79.9. The molecule has 3 saturated heterocycles. The Labute approximate surface area is 317 Å². The molecule has 2 N–H and O–H groups in total. The number of aliphatic hydroxyl groups is 1. The fraction of sp³-hybridized carbons (Fsp3) is 0.650. The number of nitrogens with zero attached hydrogens (tertiary/aromatic N) is 2. The van der Waals surface area contributed by atoms with E-state index in [4.69, 9.17) is 14.2 Å². The average molecular weight is 789 g/mol. The van der Waals surface area contributed by atoms with Crippen LogP contribution in [0.15, 0.2) is 55.6 Å². The Bertz CT molecular complexity index is 1460. The second kappa shape index (κ2) is 17.0. The molecule has 2 bridgehead atoms. The summed E-state index contributed by atoms with van der Waals surface area (Å²) >= 11 is 3.75. The van der Waals surface area contributed by atoms with Gasteiger partial charge in [-0.05, 0) is 50.5 Å². The van der Waals surface area contributed by atoms with Crippen molar-refractivity contribution in [3.8, 4) is 0 Å². The summed E-state index contributed by atoms with van der Waals surface area (Å²) in [6, 6.07) is 6.55. The predicted molar refractivity (Wildman–Crippen MR) is 202 cm³/mol. The molecule has 4 rings (SSSR count). The Morgan fingerprint density at radius 2 is 1.85 bits per heavy atom. The van der Waals surface area contributed by atoms with Gasteiger partial charge in [-0.1, -0.05) is 86.1 Å². The average Bonchev–Trinajstić information content (AvgIpc) is 3.67. The van der Waals surface area contributed by atoms with Gasteiger partial charge in [0.15, 0.2) is 0 Å². The van der Waals surface area contributed by atoms with Crippen molar-refractivity contribution in [3.05, 3.63) is 61.2 Å². The van der Waals surface area contributed by atoms with Crippen molar-refractivity contribution >= 4 is 39.6 Å². The smallest absolute Gasteiger partial charge is 0.313 e. The molecule has 0 radical (unpaired) electrons. The maximum atomic E-state index is 15.1. The van der Waals surface area contributed by atoms with Gasteiger partial charge in [-0.25, -0.2) is 0 Å². The SMILES string of the molecule is C=CCCC(=O)N[C@H](COC)[C@H](OC(=O)[C@H]1[C@@H]2O[C@@]3(CC2Br)[C@@H]1C(=O)N([C@@H](CC)CO)[C@@H]3C(=O)N(CC=C)C(C)(C)CC(C)(C)C)c1ccccc1. The first kappa shape index (κ1) is 41.7. The van der Waals surface area contributed by atoms with Gasteiger partial charge in [-0.2, -0.15) is 0 Å². The number of carbonyl (C=O) groups excluding carboxylic acids is 4. The molecule has 1 aromatic carbocycles. The van der Waals surface area contributed by atoms with E-state index in [9.17, 15) is 19.5 Å². The predicted octanol–water partition coefficient (Wildman–Crippen LogP) is 5.12. The number of carbonyl (C=O) groups is 4. The van der Waals surface area contributed by atoms with Crippen LogP contribution in [0.2, 0.25) is 0 Å². The molecule has 3 heterocycles. The van der Waals surface area contributed by atoms with Crippen molar-refractivity contribution in [3.63, 3.8) is 0 Å². The van der Waals surface area contributed by atoms with Crippen LogP contribution in [0.5, 0.6) is 0 Å². The molecular weight excluding hydrogens is 730 g/mol. The number of methoxy groups -OCH3 is 1. The minimum Gasteiger partial charge on any atom is -0.455 e. The molecule has 3 fully saturated rings. The van der Waals surface area contributed by atoms with E-state index in [1.54, 1.807) is 29.2 Å². The second-order valence-electron chi connectivity index (χ2n) is 16.2. The monoisotopic (exact) mass is 787 g/mol. The Morgan fingerprint density at radius 3 is 2.40 bits per heavy atom. The van der Waals surface area contributed by atoms with Crippen LogP contribution in [0.3, 0.4) is 0 Å². The topological polar surface area (TPSA) is 135 Å². The van der Waals surface area contributed by atoms with Gasteiger partial charge in [0.25, 0.3) is 0 Å². The van der Waals surface area contributed by atoms with E-state index in [0.717, 1.165) is 0 Å². The first-order chi connectivity index (χ1) is 24.5. The summed E-state index contributed by atoms with van der Waals surface area (Å²) < 4.78 is 18.6. The Morgan fingerprint density at radius 1 is 1.17 bits per heavy atom. The number of benzene rings is 1. The zero-order valence-electron chi connectivity index (χ0n) is 31.8. The molecule has 0 saturated carbocycles. The van der Waals surface area contributed by atoms with Crippen molar-refractivity contribution in [2.75, 3.05) is 26.9 Å². The lowest BCUT2D eigenvalue weighted by Gasteiger charge is -2.46. The molecule has 1 spiro atoms. The minimum absolute atomic E-state index is 0.0488. The van der Waals surface area contributed by atoms with Gasteiger partial charge in [0.1, 0.15) is 17.7 Å². The summed E-state index contributed by atoms with van der Waals surface area (Å²) in [6.45, 7) is 19.8. The van der Waals surface area contributed by atoms with Crippen molar-refractivity contribution < 1.29 is 38.5 Å². The number of nitrogens with one attached hydrogen (secondary N) is 1. The molecule has 11 nitrogen and oxygen atoms in total. The van der Waals surface area contributed by atoms with Crippen LogP contribution < -0.4 is 5.32 Å². The third-order valence-corrected chi connectivity index (χ3v) is 11.4. The van der Waals surface area contributed by atoms with Crippen LogP contribution >= 0.6 is 15.9 Å². The van der Waals surface area contributed by atoms with E-state index < -0.39 is 65.2 Å². The molecule has 52 heavy (non-hydrogen) atoms. The van der Waals surface area contributed by atoms with Crippen LogP contribution in [-0.4, -0.2) is 106 Å². The van der Waals surface area contributed by atoms with Gasteiger partial charge in [-0.15, -0.1) is 13.2 Å². The van der Waals surface area contributed by atoms with Gasteiger partial charge in [-0.3, -0.25) is 19.2 Å². The first-order valence-electron chi connectivity index (χ1n) is 18.3. The number of esters is 1. The highest BCUT2D eigenvalue weighted by Crippen LogP contribution is 2.61. The van der Waals surface area contributed by atoms with Gasteiger partial charge < -0.3 is 34.4 Å². The lowest BCUT2D eigenvalue weighted by atomic mass is 9.70. The first-order valence-corrected chi connectivity index (χ1v) is 19.2. The molecule has 1 aromatic rings. The van der Waals surface area contributed by atoms with Crippen LogP contribution in [0.25, 0.3) is 0 Å². The third kappa shape index (κ3) is 8.35. The Kier molecular flexibility index (Phi) is 13.6. The van der Waals surface area contributed by atoms with E-state index in [2.05, 4.69) is 55.2 Å². The number of rotatable bonds is 18. The van der Waals surface area contributed by atoms with Crippen LogP contribution in [0, 0.1) is 17.3 Å². The molecule has 1 unspecified atom stereocenters. The Balaban J connectivity index is 1.78. The van der Waals surface area contributed by atoms with Gasteiger partial charge in [0, 0.05) is 30.4 Å². The van der Waals surface area contributed by atoms with Crippen LogP contribution in [0.4, 0.5) is 0 Å². The summed E-state index contributed by atoms with van der Waals surface area (Å²) in [5.74, 6) is -3.76. The zero-order chi connectivity index (χ0) is 38.6. The number of fused-ring (bicyclic) bond motifs is 1. The zero-order valence-corrected chi connectivity index (χ0v) is 33.4. The number of allylic oxidation sites excluding steroid dienone is 1. The fourth-order valence-corrected chi connectivity index (χ4v) is 9.80. The third-order valence-electron chi connectivity index (χ3n) is 10.6. The summed E-state index contributed by atoms with van der Waals surface area (Å²) in [4.78, 5) is 60.3. The van der Waals surface area contributed by atoms with Crippen molar-refractivity contribution in [2.24, 2.45) is 17.3 Å². The highest BCUT2D eigenvalue weighted by molar-refractivity contribution is 9.09. The molecule has 9 atom stereocenters. The summed E-state index contributed by atoms with van der Waals surface area (Å²) in [5, 5.41) is 13.5. The summed E-state index contributed by atoms with van der Waals surface area (Å²) in [6.07, 6.45) is 3.65. The number of amides is 3. The van der Waals surface area contributed by atoms with E-state index in [1.165, 1.54) is 12.0 Å². The molecule has 288 valence electrons. The van der Waals surface area contributed by atoms with E-state index >= 15 is 4.79 Å². The van der Waals surface area contributed by atoms with E-state index in [1.807, 2.05) is 39.0 Å². The maximum absolute atomic E-state index is 15.1. The van der Waals surface area contributed by atoms with Crippen LogP contribution in [-0.2, 0) is 33.4 Å². The van der Waals surface area contributed by atoms with Gasteiger partial charge in [0.2, 0.25) is 17.7 Å². The standard InChI is InChI=1S/C40H58BrN3O8/c1-10-13-19-29(46)42-28(23-50-9)32(25-17-15-14-16-18-25)51-37(49)30-31-35(47)44(26(12-3)22-45)34(40(31)21-27(41)33(30)52-40)36(48)43(20-11-2)39(7,8)24-38(4,5)6/h10-11,14-18,26-28,30-34,45H,1-2,12-13,19-24H2,3-9H3,(H,42,46)/t26-,27?,28+,30+,31-,32+,33+,34+,40-/m0/s1. The number of hydrogen-bond donors (Lipinski definition) is 2. The number of alkyl halides is 1. The lowest BCUT2D eigenvalue weighted by Crippen LogP contribution is -2.62. The Hall–Kier alpha value is -3.06. The number of likely N-dealkylation sites (tertiary alicyclic amines) is 1. The molecule has 3 aliphatic rings. The summed E-state index contributed by atoms with van der Waals surface area (Å²) in [7, 11) is 1.50. The highest BCUT2D eigenvalue weighted by Gasteiger charge is 2.78. The normalized spacial score (nSPS) is 27.1. The molecular formula is C40H58BrN3O8. The largest absolute Gasteiger partial charge is 0.455 e.